The topological polar surface area (TPSA) is 87.7 Å². The molecule has 7 heteroatoms. The van der Waals surface area contributed by atoms with Gasteiger partial charge in [0.1, 0.15) is 11.6 Å². The van der Waals surface area contributed by atoms with Gasteiger partial charge in [0, 0.05) is 17.8 Å². The van der Waals surface area contributed by atoms with Gasteiger partial charge < -0.3 is 20.3 Å². The summed E-state index contributed by atoms with van der Waals surface area (Å²) in [5.41, 5.74) is 0.770. The van der Waals surface area contributed by atoms with Crippen molar-refractivity contribution in [3.05, 3.63) is 42.0 Å². The van der Waals surface area contributed by atoms with E-state index in [0.717, 1.165) is 19.3 Å². The Morgan fingerprint density at radius 2 is 1.75 bits per heavy atom. The number of anilines is 1. The van der Waals surface area contributed by atoms with E-state index in [1.165, 1.54) is 12.0 Å². The first-order chi connectivity index (χ1) is 17.1. The third kappa shape index (κ3) is 3.96. The minimum absolute atomic E-state index is 0.0984. The Morgan fingerprint density at radius 3 is 2.39 bits per heavy atom. The molecule has 3 fully saturated rings. The number of nitrogens with zero attached hydrogens (tertiary/aromatic N) is 1. The maximum Gasteiger partial charge on any atom is 0.246 e. The Kier molecular flexibility index (Phi) is 6.48. The zero-order chi connectivity index (χ0) is 25.8. The molecule has 7 atom stereocenters. The highest BCUT2D eigenvalue weighted by Crippen LogP contribution is 2.55. The second-order valence-electron chi connectivity index (χ2n) is 11.7. The van der Waals surface area contributed by atoms with Crippen molar-refractivity contribution in [2.24, 2.45) is 17.8 Å². The zero-order valence-electron chi connectivity index (χ0n) is 22.0. The largest absolute Gasteiger partial charge is 0.359 e. The predicted octanol–water partition coefficient (Wildman–Crippen LogP) is 4.00. The van der Waals surface area contributed by atoms with Crippen LogP contribution in [0.25, 0.3) is 0 Å². The molecule has 0 unspecified atom stereocenters. The van der Waals surface area contributed by atoms with Gasteiger partial charge in [-0.05, 0) is 56.2 Å². The molecular weight excluding hydrogens is 454 g/mol. The highest BCUT2D eigenvalue weighted by atomic mass is 16.5. The monoisotopic (exact) mass is 493 g/mol. The van der Waals surface area contributed by atoms with E-state index in [0.29, 0.717) is 17.5 Å². The van der Waals surface area contributed by atoms with E-state index in [1.54, 1.807) is 4.90 Å². The van der Waals surface area contributed by atoms with E-state index < -0.39 is 29.6 Å². The summed E-state index contributed by atoms with van der Waals surface area (Å²) in [6, 6.07) is 6.92. The van der Waals surface area contributed by atoms with E-state index in [-0.39, 0.29) is 29.8 Å². The van der Waals surface area contributed by atoms with Crippen molar-refractivity contribution in [1.82, 2.24) is 10.2 Å². The van der Waals surface area contributed by atoms with E-state index in [2.05, 4.69) is 31.4 Å². The number of benzene rings is 1. The third-order valence-corrected chi connectivity index (χ3v) is 8.70. The molecule has 1 aromatic rings. The van der Waals surface area contributed by atoms with Gasteiger partial charge in [0.25, 0.3) is 0 Å². The van der Waals surface area contributed by atoms with Gasteiger partial charge in [-0.25, -0.2) is 0 Å². The van der Waals surface area contributed by atoms with Crippen molar-refractivity contribution in [3.8, 4) is 0 Å². The van der Waals surface area contributed by atoms with Gasteiger partial charge >= 0.3 is 0 Å². The first-order valence-electron chi connectivity index (χ1n) is 13.5. The summed E-state index contributed by atoms with van der Waals surface area (Å²) < 4.78 is 6.41. The number of likely N-dealkylation sites (tertiary alicyclic amines) is 1. The van der Waals surface area contributed by atoms with Gasteiger partial charge in [0.2, 0.25) is 17.7 Å². The van der Waals surface area contributed by atoms with Crippen molar-refractivity contribution < 1.29 is 19.1 Å². The smallest absolute Gasteiger partial charge is 0.246 e. The van der Waals surface area contributed by atoms with Gasteiger partial charge in [-0.2, -0.15) is 0 Å². The molecule has 3 amide bonds. The molecule has 36 heavy (non-hydrogen) atoms. The molecule has 4 aliphatic rings. The van der Waals surface area contributed by atoms with Crippen LogP contribution >= 0.6 is 0 Å². The summed E-state index contributed by atoms with van der Waals surface area (Å²) in [5.74, 6) is -1.19. The standard InChI is InChI=1S/C29H39N3O4/c1-16(2)19-10-12-20(13-11-19)30-26(33)23-22-14-15-29(36-22)24(23)28(35)32(17(3)4)25(29)27(34)31-21-9-7-6-8-18(21)5/h10-18,21-25H,6-9H2,1-5H3,(H,30,33)(H,31,34)/t18-,21+,22-,23+,24-,25-,29-/m0/s1. The second-order valence-corrected chi connectivity index (χ2v) is 11.7. The van der Waals surface area contributed by atoms with Gasteiger partial charge in [0.15, 0.2) is 0 Å². The van der Waals surface area contributed by atoms with E-state index in [9.17, 15) is 14.4 Å². The Hall–Kier alpha value is -2.67. The SMILES string of the molecule is CC(C)c1ccc(NC(=O)[C@@H]2[C@@H]3C=C[C@]4(O3)[C@@H]2C(=O)N(C(C)C)[C@H]4C(=O)N[C@@H]2CCCC[C@@H]2C)cc1. The summed E-state index contributed by atoms with van der Waals surface area (Å²) in [5, 5.41) is 6.26. The van der Waals surface area contributed by atoms with Crippen molar-refractivity contribution in [1.29, 1.82) is 0 Å². The van der Waals surface area contributed by atoms with Crippen LogP contribution in [0.5, 0.6) is 0 Å². The maximum absolute atomic E-state index is 13.8. The normalized spacial score (nSPS) is 35.0. The Bertz CT molecular complexity index is 1060. The highest BCUT2D eigenvalue weighted by Gasteiger charge is 2.73. The number of rotatable bonds is 6. The number of carbonyl (C=O) groups excluding carboxylic acids is 3. The molecule has 5 rings (SSSR count). The minimum atomic E-state index is -1.11. The fourth-order valence-electron chi connectivity index (χ4n) is 6.73. The summed E-state index contributed by atoms with van der Waals surface area (Å²) in [6.45, 7) is 10.3. The fraction of sp³-hybridized carbons (Fsp3) is 0.621. The lowest BCUT2D eigenvalue weighted by Gasteiger charge is -2.37. The van der Waals surface area contributed by atoms with Crippen LogP contribution in [-0.2, 0) is 19.1 Å². The maximum atomic E-state index is 13.8. The first-order valence-corrected chi connectivity index (χ1v) is 13.5. The summed E-state index contributed by atoms with van der Waals surface area (Å²) in [6.07, 6.45) is 7.54. The summed E-state index contributed by atoms with van der Waals surface area (Å²) >= 11 is 0. The zero-order valence-corrected chi connectivity index (χ0v) is 22.0. The minimum Gasteiger partial charge on any atom is -0.359 e. The number of fused-ring (bicyclic) bond motifs is 1. The van der Waals surface area contributed by atoms with E-state index in [4.69, 9.17) is 4.74 Å². The number of hydrogen-bond donors (Lipinski definition) is 2. The molecule has 2 N–H and O–H groups in total. The quantitative estimate of drug-likeness (QED) is 0.587. The summed E-state index contributed by atoms with van der Waals surface area (Å²) in [7, 11) is 0. The second kappa shape index (κ2) is 9.33. The predicted molar refractivity (Wildman–Crippen MR) is 138 cm³/mol. The Balaban J connectivity index is 1.40. The lowest BCUT2D eigenvalue weighted by atomic mass is 9.74. The van der Waals surface area contributed by atoms with Gasteiger partial charge in [0.05, 0.1) is 17.9 Å². The third-order valence-electron chi connectivity index (χ3n) is 8.70. The number of carbonyl (C=O) groups is 3. The van der Waals surface area contributed by atoms with Gasteiger partial charge in [-0.3, -0.25) is 14.4 Å². The molecule has 3 aliphatic heterocycles. The average Bonchev–Trinajstić information content (AvgIpc) is 3.48. The molecular formula is C29H39N3O4. The molecule has 2 saturated heterocycles. The number of hydrogen-bond acceptors (Lipinski definition) is 4. The van der Waals surface area contributed by atoms with Crippen LogP contribution in [0.15, 0.2) is 36.4 Å². The van der Waals surface area contributed by atoms with Crippen LogP contribution in [0, 0.1) is 17.8 Å². The molecule has 194 valence electrons. The number of ether oxygens (including phenoxy) is 1. The molecule has 1 saturated carbocycles. The Labute approximate surface area is 214 Å². The molecule has 7 nitrogen and oxygen atoms in total. The average molecular weight is 494 g/mol. The van der Waals surface area contributed by atoms with Gasteiger partial charge in [-0.15, -0.1) is 0 Å². The van der Waals surface area contributed by atoms with Crippen molar-refractivity contribution >= 4 is 23.4 Å². The molecule has 3 heterocycles. The first kappa shape index (κ1) is 25.0. The molecule has 1 spiro atoms. The van der Waals surface area contributed by atoms with Gasteiger partial charge in [-0.1, -0.05) is 57.9 Å². The van der Waals surface area contributed by atoms with Crippen molar-refractivity contribution in [3.63, 3.8) is 0 Å². The fourth-order valence-corrected chi connectivity index (χ4v) is 6.73. The van der Waals surface area contributed by atoms with Crippen LogP contribution < -0.4 is 10.6 Å². The van der Waals surface area contributed by atoms with Crippen molar-refractivity contribution in [2.75, 3.05) is 5.32 Å². The van der Waals surface area contributed by atoms with Crippen LogP contribution in [0.1, 0.15) is 71.8 Å². The lowest BCUT2D eigenvalue weighted by molar-refractivity contribution is -0.143. The van der Waals surface area contributed by atoms with E-state index >= 15 is 0 Å². The van der Waals surface area contributed by atoms with Crippen molar-refractivity contribution in [2.45, 2.75) is 96.1 Å². The molecule has 1 aliphatic carbocycles. The molecule has 0 radical (unpaired) electrons. The number of amides is 3. The number of nitrogens with one attached hydrogen (secondary N) is 2. The van der Waals surface area contributed by atoms with Crippen LogP contribution in [-0.4, -0.2) is 52.5 Å². The van der Waals surface area contributed by atoms with E-state index in [1.807, 2.05) is 50.3 Å². The molecule has 0 aromatic heterocycles. The highest BCUT2D eigenvalue weighted by molar-refractivity contribution is 6.02. The summed E-state index contributed by atoms with van der Waals surface area (Å²) in [4.78, 5) is 42.8. The lowest BCUT2D eigenvalue weighted by Crippen LogP contribution is -2.58. The Morgan fingerprint density at radius 1 is 1.06 bits per heavy atom. The van der Waals surface area contributed by atoms with Crippen LogP contribution in [0.4, 0.5) is 5.69 Å². The molecule has 1 aromatic carbocycles. The van der Waals surface area contributed by atoms with Crippen LogP contribution in [0.3, 0.4) is 0 Å². The van der Waals surface area contributed by atoms with Crippen LogP contribution in [0.2, 0.25) is 0 Å². The molecule has 2 bridgehead atoms.